The molecule has 0 spiro atoms. The van der Waals surface area contributed by atoms with Crippen LogP contribution in [0, 0.1) is 6.92 Å². The van der Waals surface area contributed by atoms with Crippen molar-refractivity contribution in [2.75, 3.05) is 7.11 Å². The molecule has 0 unspecified atom stereocenters. The van der Waals surface area contributed by atoms with Crippen LogP contribution >= 0.6 is 15.9 Å². The van der Waals surface area contributed by atoms with Crippen LogP contribution in [-0.2, 0) is 16.0 Å². The second-order valence-electron chi connectivity index (χ2n) is 7.89. The predicted octanol–water partition coefficient (Wildman–Crippen LogP) is 4.99. The number of ether oxygens (including phenoxy) is 1. The Kier molecular flexibility index (Phi) is 6.47. The minimum absolute atomic E-state index is 0.217. The predicted molar refractivity (Wildman–Crippen MR) is 134 cm³/mol. The van der Waals surface area contributed by atoms with Gasteiger partial charge in [-0.1, -0.05) is 41.1 Å². The summed E-state index contributed by atoms with van der Waals surface area (Å²) >= 11 is 3.43. The zero-order chi connectivity index (χ0) is 23.7. The molecule has 0 aliphatic carbocycles. The fourth-order valence-electron chi connectivity index (χ4n) is 4.17. The Morgan fingerprint density at radius 1 is 1.24 bits per heavy atom. The van der Waals surface area contributed by atoms with Gasteiger partial charge in [0, 0.05) is 33.1 Å². The van der Waals surface area contributed by atoms with Crippen molar-refractivity contribution in [1.29, 1.82) is 0 Å². The van der Waals surface area contributed by atoms with E-state index in [4.69, 9.17) is 9.72 Å². The Bertz CT molecular complexity index is 1450. The molecule has 0 N–H and O–H groups in total. The lowest BCUT2D eigenvalue weighted by molar-refractivity contribution is -0.143. The zero-order valence-electron chi connectivity index (χ0n) is 19.0. The van der Waals surface area contributed by atoms with Gasteiger partial charge < -0.3 is 9.30 Å². The van der Waals surface area contributed by atoms with E-state index in [1.807, 2.05) is 54.8 Å². The Morgan fingerprint density at radius 2 is 2.00 bits per heavy atom. The van der Waals surface area contributed by atoms with Gasteiger partial charge in [0.1, 0.15) is 11.9 Å². The van der Waals surface area contributed by atoms with E-state index in [1.165, 1.54) is 11.8 Å². The maximum atomic E-state index is 13.3. The molecule has 2 heterocycles. The number of esters is 1. The lowest BCUT2D eigenvalue weighted by Crippen LogP contribution is -2.22. The molecule has 0 fully saturated rings. The summed E-state index contributed by atoms with van der Waals surface area (Å²) in [6, 6.07) is 12.8. The van der Waals surface area contributed by atoms with Gasteiger partial charge in [-0.2, -0.15) is 9.78 Å². The number of carbonyl (C=O) groups excluding carboxylic acids is 1. The summed E-state index contributed by atoms with van der Waals surface area (Å²) in [6.45, 7) is 5.78. The van der Waals surface area contributed by atoms with Crippen LogP contribution in [0.3, 0.4) is 0 Å². The summed E-state index contributed by atoms with van der Waals surface area (Å²) in [7, 11) is 1.38. The van der Waals surface area contributed by atoms with E-state index in [0.717, 1.165) is 33.1 Å². The summed E-state index contributed by atoms with van der Waals surface area (Å²) in [4.78, 5) is 30.3. The second kappa shape index (κ2) is 9.31. The first-order valence-electron chi connectivity index (χ1n) is 10.8. The van der Waals surface area contributed by atoms with Gasteiger partial charge in [-0.3, -0.25) is 4.79 Å². The molecule has 4 aromatic rings. The van der Waals surface area contributed by atoms with E-state index in [0.29, 0.717) is 23.1 Å². The van der Waals surface area contributed by atoms with Crippen LogP contribution in [0.2, 0.25) is 0 Å². The highest BCUT2D eigenvalue weighted by Gasteiger charge is 2.22. The minimum Gasteiger partial charge on any atom is -0.467 e. The fourth-order valence-corrected chi connectivity index (χ4v) is 4.53. The van der Waals surface area contributed by atoms with E-state index in [-0.39, 0.29) is 11.5 Å². The van der Waals surface area contributed by atoms with Crippen LogP contribution in [0.5, 0.6) is 0 Å². The third-order valence-corrected chi connectivity index (χ3v) is 6.28. The molecule has 4 rings (SSSR count). The smallest absolute Gasteiger partial charge is 0.328 e. The molecule has 33 heavy (non-hydrogen) atoms. The molecule has 0 radical (unpaired) electrons. The summed E-state index contributed by atoms with van der Waals surface area (Å²) in [6.07, 6.45) is 3.14. The highest BCUT2D eigenvalue weighted by Crippen LogP contribution is 2.28. The Morgan fingerprint density at radius 3 is 2.73 bits per heavy atom. The molecule has 0 aliphatic rings. The van der Waals surface area contributed by atoms with Crippen LogP contribution in [0.1, 0.15) is 43.4 Å². The first-order valence-corrected chi connectivity index (χ1v) is 11.6. The van der Waals surface area contributed by atoms with Gasteiger partial charge in [-0.15, -0.1) is 0 Å². The molecule has 8 heteroatoms. The van der Waals surface area contributed by atoms with Gasteiger partial charge in [0.25, 0.3) is 5.56 Å². The number of carbonyl (C=O) groups is 1. The molecule has 2 aromatic carbocycles. The SMILES string of the molecule is CCCc1nc2ccc(Br)cc2c(=O)n1N=Cc1c(C)n([C@H](C)C(=O)OC)c2ccccc12. The number of halogens is 1. The molecule has 2 aromatic heterocycles. The Balaban J connectivity index is 1.91. The summed E-state index contributed by atoms with van der Waals surface area (Å²) < 4.78 is 9.10. The molecule has 0 aliphatic heterocycles. The molecular formula is C25H25BrN4O3. The summed E-state index contributed by atoms with van der Waals surface area (Å²) in [5.74, 6) is 0.283. The van der Waals surface area contributed by atoms with E-state index < -0.39 is 6.04 Å². The standard InChI is InChI=1S/C25H25BrN4O3/c1-5-8-23-28-21-12-11-17(26)13-19(21)24(31)30(23)27-14-20-15(2)29(16(3)25(32)33-4)22-10-7-6-9-18(20)22/h6-7,9-14,16H,5,8H2,1-4H3/t16-/m1/s1. The van der Waals surface area contributed by atoms with Crippen molar-refractivity contribution in [3.05, 3.63) is 74.4 Å². The normalized spacial score (nSPS) is 12.6. The highest BCUT2D eigenvalue weighted by molar-refractivity contribution is 9.10. The van der Waals surface area contributed by atoms with Gasteiger partial charge in [0.2, 0.25) is 0 Å². The van der Waals surface area contributed by atoms with Crippen molar-refractivity contribution < 1.29 is 9.53 Å². The number of para-hydroxylation sites is 1. The molecule has 0 bridgehead atoms. The van der Waals surface area contributed by atoms with E-state index in [2.05, 4.69) is 21.0 Å². The van der Waals surface area contributed by atoms with Crippen LogP contribution in [0.25, 0.3) is 21.8 Å². The molecule has 0 saturated carbocycles. The van der Waals surface area contributed by atoms with Gasteiger partial charge in [0.15, 0.2) is 0 Å². The van der Waals surface area contributed by atoms with Crippen molar-refractivity contribution in [2.45, 2.75) is 39.7 Å². The lowest BCUT2D eigenvalue weighted by Gasteiger charge is -2.15. The number of aromatic nitrogens is 3. The first-order chi connectivity index (χ1) is 15.9. The van der Waals surface area contributed by atoms with Gasteiger partial charge in [-0.25, -0.2) is 9.78 Å². The zero-order valence-corrected chi connectivity index (χ0v) is 20.6. The molecule has 1 atom stereocenters. The first kappa shape index (κ1) is 22.9. The van der Waals surface area contributed by atoms with Crippen molar-refractivity contribution in [1.82, 2.24) is 14.2 Å². The fraction of sp³-hybridized carbons (Fsp3) is 0.280. The summed E-state index contributed by atoms with van der Waals surface area (Å²) in [5, 5.41) is 6.04. The second-order valence-corrected chi connectivity index (χ2v) is 8.80. The van der Waals surface area contributed by atoms with Crippen molar-refractivity contribution in [3.63, 3.8) is 0 Å². The molecule has 170 valence electrons. The third-order valence-electron chi connectivity index (χ3n) is 5.79. The molecule has 0 saturated heterocycles. The number of fused-ring (bicyclic) bond motifs is 2. The Hall–Kier alpha value is -3.26. The number of methoxy groups -OCH3 is 1. The van der Waals surface area contributed by atoms with Gasteiger partial charge in [-0.05, 0) is 44.5 Å². The lowest BCUT2D eigenvalue weighted by atomic mass is 10.1. The maximum absolute atomic E-state index is 13.3. The van der Waals surface area contributed by atoms with Crippen LogP contribution < -0.4 is 5.56 Å². The highest BCUT2D eigenvalue weighted by atomic mass is 79.9. The number of hydrogen-bond acceptors (Lipinski definition) is 5. The van der Waals surface area contributed by atoms with E-state index in [9.17, 15) is 9.59 Å². The van der Waals surface area contributed by atoms with Crippen LogP contribution in [-0.4, -0.2) is 33.5 Å². The number of benzene rings is 2. The summed E-state index contributed by atoms with van der Waals surface area (Å²) in [5.41, 5.74) is 3.03. The minimum atomic E-state index is -0.500. The average molecular weight is 509 g/mol. The number of hydrogen-bond donors (Lipinski definition) is 0. The monoisotopic (exact) mass is 508 g/mol. The average Bonchev–Trinajstić information content (AvgIpc) is 3.09. The third kappa shape index (κ3) is 4.11. The van der Waals surface area contributed by atoms with Crippen molar-refractivity contribution in [2.24, 2.45) is 5.10 Å². The molecular weight excluding hydrogens is 484 g/mol. The largest absolute Gasteiger partial charge is 0.467 e. The molecule has 0 amide bonds. The van der Waals surface area contributed by atoms with Crippen molar-refractivity contribution in [3.8, 4) is 0 Å². The van der Waals surface area contributed by atoms with Crippen LogP contribution in [0.4, 0.5) is 0 Å². The Labute approximate surface area is 199 Å². The number of rotatable bonds is 6. The molecule has 7 nitrogen and oxygen atoms in total. The number of aryl methyl sites for hydroxylation is 1. The number of nitrogens with zero attached hydrogens (tertiary/aromatic N) is 4. The van der Waals surface area contributed by atoms with Gasteiger partial charge >= 0.3 is 5.97 Å². The van der Waals surface area contributed by atoms with Gasteiger partial charge in [0.05, 0.1) is 24.2 Å². The van der Waals surface area contributed by atoms with E-state index >= 15 is 0 Å². The maximum Gasteiger partial charge on any atom is 0.328 e. The van der Waals surface area contributed by atoms with E-state index in [1.54, 1.807) is 19.2 Å². The quantitative estimate of drug-likeness (QED) is 0.271. The van der Waals surface area contributed by atoms with Crippen molar-refractivity contribution >= 4 is 49.9 Å². The van der Waals surface area contributed by atoms with Crippen LogP contribution in [0.15, 0.2) is 56.8 Å². The topological polar surface area (TPSA) is 78.5 Å².